The molecule has 0 bridgehead atoms. The van der Waals surface area contributed by atoms with Crippen molar-refractivity contribution in [3.63, 3.8) is 0 Å². The van der Waals surface area contributed by atoms with Gasteiger partial charge in [0.05, 0.1) is 0 Å². The summed E-state index contributed by atoms with van der Waals surface area (Å²) in [6.45, 7) is 7.67. The molecule has 0 saturated heterocycles. The van der Waals surface area contributed by atoms with Crippen LogP contribution in [0.2, 0.25) is 0 Å². The van der Waals surface area contributed by atoms with Crippen molar-refractivity contribution in [2.75, 3.05) is 0 Å². The molecule has 0 saturated carbocycles. The first-order chi connectivity index (χ1) is 13.7. The molecular formula is C24H19O3P. The molecule has 4 rings (SSSR count). The van der Waals surface area contributed by atoms with Crippen LogP contribution >= 0.6 is 8.25 Å². The van der Waals surface area contributed by atoms with Crippen molar-refractivity contribution in [3.05, 3.63) is 97.1 Å². The lowest BCUT2D eigenvalue weighted by Crippen LogP contribution is -1.94. The summed E-state index contributed by atoms with van der Waals surface area (Å²) >= 11 is 0. The summed E-state index contributed by atoms with van der Waals surface area (Å²) < 4.78 is 24.5. The van der Waals surface area contributed by atoms with Gasteiger partial charge in [-0.15, -0.1) is 0 Å². The monoisotopic (exact) mass is 386 g/mol. The van der Waals surface area contributed by atoms with E-state index in [1.54, 1.807) is 12.2 Å². The fourth-order valence-corrected chi connectivity index (χ4v) is 4.09. The van der Waals surface area contributed by atoms with Gasteiger partial charge >= 0.3 is 8.25 Å². The molecule has 138 valence electrons. The Hall–Kier alpha value is -3.29. The zero-order valence-electron chi connectivity index (χ0n) is 15.2. The van der Waals surface area contributed by atoms with Gasteiger partial charge in [-0.2, -0.15) is 0 Å². The molecular weight excluding hydrogens is 367 g/mol. The standard InChI is InChI=1S/C24H19O3P/c1-3-17-13-15-19-9-5-7-11-21(19)23(17)26-28(25)27-24-18(4-2)14-16-20-10-6-8-12-22(20)24/h3-16,28H,1-2H2. The van der Waals surface area contributed by atoms with Crippen LogP contribution in [-0.4, -0.2) is 0 Å². The van der Waals surface area contributed by atoms with Crippen LogP contribution in [0.5, 0.6) is 11.5 Å². The minimum absolute atomic E-state index is 0.511. The summed E-state index contributed by atoms with van der Waals surface area (Å²) in [6, 6.07) is 23.3. The Kier molecular flexibility index (Phi) is 5.01. The van der Waals surface area contributed by atoms with Crippen molar-refractivity contribution in [2.45, 2.75) is 0 Å². The molecule has 0 heterocycles. The highest BCUT2D eigenvalue weighted by Gasteiger charge is 2.14. The van der Waals surface area contributed by atoms with E-state index in [0.717, 1.165) is 32.7 Å². The van der Waals surface area contributed by atoms with Crippen LogP contribution in [0, 0.1) is 0 Å². The lowest BCUT2D eigenvalue weighted by Gasteiger charge is -2.15. The van der Waals surface area contributed by atoms with Gasteiger partial charge in [-0.3, -0.25) is 0 Å². The third-order valence-electron chi connectivity index (χ3n) is 4.63. The SMILES string of the molecule is C=Cc1ccc2ccccc2c1O[PH](=O)Oc1c(C=C)ccc2ccccc12. The van der Waals surface area contributed by atoms with E-state index in [1.165, 1.54) is 0 Å². The van der Waals surface area contributed by atoms with Gasteiger partial charge in [-0.1, -0.05) is 98.1 Å². The van der Waals surface area contributed by atoms with E-state index >= 15 is 0 Å². The second-order valence-corrected chi connectivity index (χ2v) is 7.18. The average molecular weight is 386 g/mol. The predicted molar refractivity (Wildman–Crippen MR) is 118 cm³/mol. The summed E-state index contributed by atoms with van der Waals surface area (Å²) in [7, 11) is -2.88. The molecule has 0 radical (unpaired) electrons. The molecule has 0 aliphatic heterocycles. The van der Waals surface area contributed by atoms with E-state index in [2.05, 4.69) is 13.2 Å². The lowest BCUT2D eigenvalue weighted by molar-refractivity contribution is 0.418. The summed E-state index contributed by atoms with van der Waals surface area (Å²) in [5.41, 5.74) is 1.53. The highest BCUT2D eigenvalue weighted by Crippen LogP contribution is 2.41. The van der Waals surface area contributed by atoms with Crippen molar-refractivity contribution < 1.29 is 13.6 Å². The number of hydrogen-bond acceptors (Lipinski definition) is 3. The molecule has 0 atom stereocenters. The van der Waals surface area contributed by atoms with E-state index in [1.807, 2.05) is 72.8 Å². The van der Waals surface area contributed by atoms with Crippen LogP contribution in [0.25, 0.3) is 33.7 Å². The Morgan fingerprint density at radius 3 is 1.50 bits per heavy atom. The average Bonchev–Trinajstić information content (AvgIpc) is 2.74. The van der Waals surface area contributed by atoms with Crippen molar-refractivity contribution in [3.8, 4) is 11.5 Å². The van der Waals surface area contributed by atoms with Gasteiger partial charge in [0.25, 0.3) is 0 Å². The summed E-state index contributed by atoms with van der Waals surface area (Å²) in [4.78, 5) is 0. The number of benzene rings is 4. The molecule has 0 unspecified atom stereocenters. The second kappa shape index (κ2) is 7.75. The minimum atomic E-state index is -2.88. The number of rotatable bonds is 6. The zero-order valence-corrected chi connectivity index (χ0v) is 16.2. The molecule has 0 aromatic heterocycles. The normalized spacial score (nSPS) is 10.9. The van der Waals surface area contributed by atoms with E-state index in [-0.39, 0.29) is 0 Å². The fraction of sp³-hybridized carbons (Fsp3) is 0. The first-order valence-corrected chi connectivity index (χ1v) is 10.1. The molecule has 3 nitrogen and oxygen atoms in total. The highest BCUT2D eigenvalue weighted by molar-refractivity contribution is 7.34. The maximum atomic E-state index is 12.9. The molecule has 28 heavy (non-hydrogen) atoms. The molecule has 0 amide bonds. The zero-order chi connectivity index (χ0) is 19.5. The molecule has 0 aliphatic rings. The molecule has 4 aromatic carbocycles. The van der Waals surface area contributed by atoms with Gasteiger partial charge < -0.3 is 9.05 Å². The highest BCUT2D eigenvalue weighted by atomic mass is 31.1. The smallest absolute Gasteiger partial charge is 0.417 e. The van der Waals surface area contributed by atoms with Crippen molar-refractivity contribution in [1.82, 2.24) is 0 Å². The van der Waals surface area contributed by atoms with Crippen LogP contribution < -0.4 is 9.05 Å². The summed E-state index contributed by atoms with van der Waals surface area (Å²) in [5, 5.41) is 3.72. The van der Waals surface area contributed by atoms with Gasteiger partial charge in [0.1, 0.15) is 11.5 Å². The Morgan fingerprint density at radius 2 is 1.07 bits per heavy atom. The maximum Gasteiger partial charge on any atom is 0.419 e. The first kappa shape index (κ1) is 18.1. The third kappa shape index (κ3) is 3.33. The fourth-order valence-electron chi connectivity index (χ4n) is 3.26. The van der Waals surface area contributed by atoms with Gasteiger partial charge in [0.15, 0.2) is 0 Å². The predicted octanol–water partition coefficient (Wildman–Crippen LogP) is 7.13. The van der Waals surface area contributed by atoms with Gasteiger partial charge in [0, 0.05) is 21.9 Å². The Labute approximate surface area is 164 Å². The van der Waals surface area contributed by atoms with E-state index in [4.69, 9.17) is 9.05 Å². The molecule has 0 spiro atoms. The molecule has 0 fully saturated rings. The van der Waals surface area contributed by atoms with Crippen molar-refractivity contribution in [1.29, 1.82) is 0 Å². The number of fused-ring (bicyclic) bond motifs is 2. The maximum absolute atomic E-state index is 12.9. The molecule has 0 N–H and O–H groups in total. The minimum Gasteiger partial charge on any atom is -0.417 e. The largest absolute Gasteiger partial charge is 0.419 e. The van der Waals surface area contributed by atoms with Crippen LogP contribution in [0.4, 0.5) is 0 Å². The third-order valence-corrected chi connectivity index (χ3v) is 5.37. The van der Waals surface area contributed by atoms with Gasteiger partial charge in [-0.05, 0) is 10.8 Å². The number of hydrogen-bond donors (Lipinski definition) is 0. The van der Waals surface area contributed by atoms with Crippen LogP contribution in [0.1, 0.15) is 11.1 Å². The Bertz CT molecular complexity index is 1130. The summed E-state index contributed by atoms with van der Waals surface area (Å²) in [5.74, 6) is 1.02. The van der Waals surface area contributed by atoms with E-state index in [0.29, 0.717) is 11.5 Å². The Balaban J connectivity index is 1.74. The van der Waals surface area contributed by atoms with E-state index < -0.39 is 8.25 Å². The van der Waals surface area contributed by atoms with Crippen molar-refractivity contribution in [2.24, 2.45) is 0 Å². The Morgan fingerprint density at radius 1 is 0.643 bits per heavy atom. The molecule has 4 aromatic rings. The first-order valence-electron chi connectivity index (χ1n) is 8.89. The molecule has 4 heteroatoms. The second-order valence-electron chi connectivity index (χ2n) is 6.27. The topological polar surface area (TPSA) is 35.5 Å². The van der Waals surface area contributed by atoms with Crippen LogP contribution in [-0.2, 0) is 4.57 Å². The van der Waals surface area contributed by atoms with Crippen LogP contribution in [0.15, 0.2) is 86.0 Å². The van der Waals surface area contributed by atoms with Gasteiger partial charge in [0.2, 0.25) is 0 Å². The van der Waals surface area contributed by atoms with Gasteiger partial charge in [-0.25, -0.2) is 4.57 Å². The lowest BCUT2D eigenvalue weighted by atomic mass is 10.1. The molecule has 0 aliphatic carbocycles. The quantitative estimate of drug-likeness (QED) is 0.331. The van der Waals surface area contributed by atoms with Crippen LogP contribution in [0.3, 0.4) is 0 Å². The van der Waals surface area contributed by atoms with E-state index in [9.17, 15) is 4.57 Å². The van der Waals surface area contributed by atoms with Crippen molar-refractivity contribution >= 4 is 42.0 Å². The summed E-state index contributed by atoms with van der Waals surface area (Å²) in [6.07, 6.45) is 3.37.